The van der Waals surface area contributed by atoms with Crippen molar-refractivity contribution >= 4 is 21.7 Å². The van der Waals surface area contributed by atoms with E-state index in [9.17, 15) is 0 Å². The third-order valence-corrected chi connectivity index (χ3v) is 3.75. The van der Waals surface area contributed by atoms with E-state index in [2.05, 4.69) is 31.9 Å². The smallest absolute Gasteiger partial charge is 0.143 e. The maximum absolute atomic E-state index is 5.71. The number of rotatable bonds is 4. The molecule has 0 radical (unpaired) electrons. The monoisotopic (exact) mass is 314 g/mol. The Morgan fingerprint density at radius 3 is 3.00 bits per heavy atom. The maximum Gasteiger partial charge on any atom is 0.143 e. The molecule has 100 valence electrons. The average molecular weight is 315 g/mol. The summed E-state index contributed by atoms with van der Waals surface area (Å²) in [5.41, 5.74) is 1.14. The van der Waals surface area contributed by atoms with Gasteiger partial charge in [-0.1, -0.05) is 0 Å². The third kappa shape index (κ3) is 2.84. The van der Waals surface area contributed by atoms with Crippen LogP contribution in [-0.4, -0.2) is 44.0 Å². The predicted molar refractivity (Wildman–Crippen MR) is 75.1 cm³/mol. The molecule has 0 spiro atoms. The first-order valence-electron chi connectivity index (χ1n) is 6.17. The summed E-state index contributed by atoms with van der Waals surface area (Å²) in [6.45, 7) is 6.09. The van der Waals surface area contributed by atoms with Gasteiger partial charge in [-0.05, 0) is 41.4 Å². The zero-order valence-electron chi connectivity index (χ0n) is 11.0. The van der Waals surface area contributed by atoms with Crippen LogP contribution < -0.4 is 4.90 Å². The Balaban J connectivity index is 2.17. The second-order valence-electron chi connectivity index (χ2n) is 4.53. The highest BCUT2D eigenvalue weighted by atomic mass is 79.9. The van der Waals surface area contributed by atoms with E-state index in [0.717, 1.165) is 15.9 Å². The standard InChI is InChI=1S/C13H19BrN2O2/c1-4-18-12-8-17-7-11(12)16(3)13-10(14)5-9(2)6-15-13/h5-6,11-12H,4,7-8H2,1-3H3/t11?,12-/m0/s1. The first-order chi connectivity index (χ1) is 8.63. The van der Waals surface area contributed by atoms with E-state index in [1.54, 1.807) is 0 Å². The molecule has 1 unspecified atom stereocenters. The van der Waals surface area contributed by atoms with Gasteiger partial charge in [-0.15, -0.1) is 0 Å². The van der Waals surface area contributed by atoms with Crippen molar-refractivity contribution in [2.24, 2.45) is 0 Å². The Morgan fingerprint density at radius 1 is 1.56 bits per heavy atom. The molecule has 0 aromatic carbocycles. The molecule has 1 aromatic rings. The minimum Gasteiger partial charge on any atom is -0.376 e. The highest BCUT2D eigenvalue weighted by Crippen LogP contribution is 2.27. The summed E-state index contributed by atoms with van der Waals surface area (Å²) in [5, 5.41) is 0. The Bertz CT molecular complexity index is 414. The summed E-state index contributed by atoms with van der Waals surface area (Å²) in [7, 11) is 2.04. The molecule has 2 atom stereocenters. The van der Waals surface area contributed by atoms with Gasteiger partial charge in [0.2, 0.25) is 0 Å². The molecule has 0 aliphatic carbocycles. The molecule has 4 nitrogen and oxygen atoms in total. The van der Waals surface area contributed by atoms with Gasteiger partial charge in [0.05, 0.1) is 23.7 Å². The molecule has 2 rings (SSSR count). The van der Waals surface area contributed by atoms with Crippen LogP contribution in [0, 0.1) is 6.92 Å². The van der Waals surface area contributed by atoms with Gasteiger partial charge in [0.15, 0.2) is 0 Å². The Kier molecular flexibility index (Phi) is 4.59. The van der Waals surface area contributed by atoms with E-state index in [1.165, 1.54) is 0 Å². The van der Waals surface area contributed by atoms with Crippen molar-refractivity contribution in [3.8, 4) is 0 Å². The van der Waals surface area contributed by atoms with Crippen molar-refractivity contribution in [1.29, 1.82) is 0 Å². The number of halogens is 1. The lowest BCUT2D eigenvalue weighted by Gasteiger charge is -2.29. The fourth-order valence-corrected chi connectivity index (χ4v) is 2.94. The molecular formula is C13H19BrN2O2. The predicted octanol–water partition coefficient (Wildman–Crippen LogP) is 2.39. The summed E-state index contributed by atoms with van der Waals surface area (Å²) in [6, 6.07) is 2.29. The van der Waals surface area contributed by atoms with Crippen LogP contribution in [0.4, 0.5) is 5.82 Å². The van der Waals surface area contributed by atoms with Gasteiger partial charge in [0, 0.05) is 19.9 Å². The Labute approximate surface area is 116 Å². The first kappa shape index (κ1) is 13.8. The minimum absolute atomic E-state index is 0.120. The summed E-state index contributed by atoms with van der Waals surface area (Å²) in [6.07, 6.45) is 2.00. The van der Waals surface area contributed by atoms with E-state index < -0.39 is 0 Å². The zero-order valence-corrected chi connectivity index (χ0v) is 12.6. The lowest BCUT2D eigenvalue weighted by atomic mass is 10.2. The van der Waals surface area contributed by atoms with Crippen molar-refractivity contribution < 1.29 is 9.47 Å². The van der Waals surface area contributed by atoms with Crippen LogP contribution in [0.15, 0.2) is 16.7 Å². The second-order valence-corrected chi connectivity index (χ2v) is 5.38. The number of aryl methyl sites for hydroxylation is 1. The van der Waals surface area contributed by atoms with Crippen LogP contribution in [0.2, 0.25) is 0 Å². The minimum atomic E-state index is 0.120. The second kappa shape index (κ2) is 5.99. The largest absolute Gasteiger partial charge is 0.376 e. The molecule has 0 N–H and O–H groups in total. The van der Waals surface area contributed by atoms with Crippen LogP contribution in [0.5, 0.6) is 0 Å². The van der Waals surface area contributed by atoms with Crippen molar-refractivity contribution in [2.45, 2.75) is 26.0 Å². The number of hydrogen-bond acceptors (Lipinski definition) is 4. The fraction of sp³-hybridized carbons (Fsp3) is 0.615. The van der Waals surface area contributed by atoms with E-state index in [1.807, 2.05) is 27.1 Å². The number of pyridine rings is 1. The summed E-state index contributed by atoms with van der Waals surface area (Å²) in [4.78, 5) is 6.62. The van der Waals surface area contributed by atoms with Gasteiger partial charge in [0.25, 0.3) is 0 Å². The summed E-state index contributed by atoms with van der Waals surface area (Å²) >= 11 is 3.57. The quantitative estimate of drug-likeness (QED) is 0.854. The van der Waals surface area contributed by atoms with Gasteiger partial charge in [-0.3, -0.25) is 0 Å². The lowest BCUT2D eigenvalue weighted by molar-refractivity contribution is 0.0452. The molecule has 0 bridgehead atoms. The molecule has 2 heterocycles. The van der Waals surface area contributed by atoms with Crippen molar-refractivity contribution in [2.75, 3.05) is 31.8 Å². The van der Waals surface area contributed by atoms with Crippen LogP contribution in [0.25, 0.3) is 0 Å². The zero-order chi connectivity index (χ0) is 13.1. The van der Waals surface area contributed by atoms with E-state index in [0.29, 0.717) is 19.8 Å². The van der Waals surface area contributed by atoms with Crippen LogP contribution in [-0.2, 0) is 9.47 Å². The molecule has 1 fully saturated rings. The summed E-state index contributed by atoms with van der Waals surface area (Å²) in [5.74, 6) is 0.931. The molecule has 1 saturated heterocycles. The number of anilines is 1. The Hall–Kier alpha value is -0.650. The highest BCUT2D eigenvalue weighted by Gasteiger charge is 2.33. The average Bonchev–Trinajstić information content (AvgIpc) is 2.77. The van der Waals surface area contributed by atoms with Crippen LogP contribution in [0.3, 0.4) is 0 Å². The van der Waals surface area contributed by atoms with Crippen molar-refractivity contribution in [1.82, 2.24) is 4.98 Å². The van der Waals surface area contributed by atoms with Crippen LogP contribution >= 0.6 is 15.9 Å². The number of nitrogens with zero attached hydrogens (tertiary/aromatic N) is 2. The molecule has 18 heavy (non-hydrogen) atoms. The maximum atomic E-state index is 5.71. The topological polar surface area (TPSA) is 34.6 Å². The molecule has 1 aliphatic heterocycles. The number of ether oxygens (including phenoxy) is 2. The SMILES string of the molecule is CCO[C@H]1COCC1N(C)c1ncc(C)cc1Br. The number of hydrogen-bond donors (Lipinski definition) is 0. The highest BCUT2D eigenvalue weighted by molar-refractivity contribution is 9.10. The van der Waals surface area contributed by atoms with E-state index in [-0.39, 0.29) is 12.1 Å². The van der Waals surface area contributed by atoms with Crippen molar-refractivity contribution in [3.63, 3.8) is 0 Å². The van der Waals surface area contributed by atoms with Crippen LogP contribution in [0.1, 0.15) is 12.5 Å². The lowest BCUT2D eigenvalue weighted by Crippen LogP contribution is -2.42. The molecule has 0 saturated carbocycles. The van der Waals surface area contributed by atoms with E-state index in [4.69, 9.17) is 9.47 Å². The molecule has 0 amide bonds. The number of likely N-dealkylation sites (N-methyl/N-ethyl adjacent to an activating group) is 1. The first-order valence-corrected chi connectivity index (χ1v) is 6.97. The van der Waals surface area contributed by atoms with Gasteiger partial charge in [-0.2, -0.15) is 0 Å². The fourth-order valence-electron chi connectivity index (χ4n) is 2.20. The van der Waals surface area contributed by atoms with Gasteiger partial charge >= 0.3 is 0 Å². The van der Waals surface area contributed by atoms with Gasteiger partial charge < -0.3 is 14.4 Å². The summed E-state index contributed by atoms with van der Waals surface area (Å²) < 4.78 is 12.2. The van der Waals surface area contributed by atoms with Gasteiger partial charge in [-0.25, -0.2) is 4.98 Å². The van der Waals surface area contributed by atoms with E-state index >= 15 is 0 Å². The Morgan fingerprint density at radius 2 is 2.33 bits per heavy atom. The molecular weight excluding hydrogens is 296 g/mol. The molecule has 1 aromatic heterocycles. The molecule has 1 aliphatic rings. The third-order valence-electron chi connectivity index (χ3n) is 3.17. The normalized spacial score (nSPS) is 23.3. The van der Waals surface area contributed by atoms with Crippen molar-refractivity contribution in [3.05, 3.63) is 22.3 Å². The number of aromatic nitrogens is 1. The van der Waals surface area contributed by atoms with Gasteiger partial charge in [0.1, 0.15) is 11.9 Å². The molecule has 5 heteroatoms.